The van der Waals surface area contributed by atoms with Gasteiger partial charge in [0.2, 0.25) is 0 Å². The summed E-state index contributed by atoms with van der Waals surface area (Å²) in [6.07, 6.45) is -8.07. The third-order valence-electron chi connectivity index (χ3n) is 7.10. The van der Waals surface area contributed by atoms with Crippen LogP contribution in [0.1, 0.15) is 0 Å². The second kappa shape index (κ2) is 14.8. The number of para-hydroxylation sites is 2. The average molecular weight is 771 g/mol. The van der Waals surface area contributed by atoms with E-state index in [4.69, 9.17) is 5.73 Å². The lowest BCUT2D eigenvalue weighted by Crippen LogP contribution is -2.21. The van der Waals surface area contributed by atoms with Gasteiger partial charge < -0.3 is 15.2 Å². The number of nitrogen functional groups attached to an aromatic ring is 1. The number of pyridine rings is 2. The summed E-state index contributed by atoms with van der Waals surface area (Å²) in [6, 6.07) is 28.3. The molecular weight excluding hydrogens is 747 g/mol. The predicted molar refractivity (Wildman–Crippen MR) is 190 cm³/mol. The lowest BCUT2D eigenvalue weighted by Gasteiger charge is -2.12. The van der Waals surface area contributed by atoms with Gasteiger partial charge in [-0.3, -0.25) is 4.72 Å². The lowest BCUT2D eigenvalue weighted by atomic mass is 10.1. The van der Waals surface area contributed by atoms with Crippen molar-refractivity contribution in [2.24, 2.45) is 0 Å². The highest BCUT2D eigenvalue weighted by Crippen LogP contribution is 2.32. The number of nitrogens with zero attached hydrogens (tertiary/aromatic N) is 3. The first-order chi connectivity index (χ1) is 25.1. The highest BCUT2D eigenvalue weighted by molar-refractivity contribution is 7.94. The number of hydrogen-bond acceptors (Lipinski definition) is 9. The molecule has 3 heterocycles. The Balaban J connectivity index is 0.000000192. The minimum Gasteiger partial charge on any atom is -0.406 e. The maximum absolute atomic E-state index is 12.5. The topological polar surface area (TPSA) is 141 Å². The summed E-state index contributed by atoms with van der Waals surface area (Å²) in [5.74, 6) is -0.665. The van der Waals surface area contributed by atoms with Crippen LogP contribution in [-0.2, 0) is 10.2 Å². The smallest absolute Gasteiger partial charge is 0.406 e. The van der Waals surface area contributed by atoms with Gasteiger partial charge in [-0.2, -0.15) is 8.42 Å². The molecule has 7 rings (SSSR count). The van der Waals surface area contributed by atoms with Crippen molar-refractivity contribution < 1.29 is 44.2 Å². The van der Waals surface area contributed by atoms with Gasteiger partial charge in [-0.05, 0) is 48.5 Å². The van der Waals surface area contributed by atoms with Crippen molar-refractivity contribution in [1.29, 1.82) is 0 Å². The molecule has 0 spiro atoms. The van der Waals surface area contributed by atoms with Crippen LogP contribution in [0.4, 0.5) is 42.8 Å². The van der Waals surface area contributed by atoms with Gasteiger partial charge in [0.05, 0.1) is 33.8 Å². The highest BCUT2D eigenvalue weighted by atomic mass is 32.2. The molecule has 3 aromatic heterocycles. The molecule has 0 amide bonds. The SMILES string of the molecule is Nc1cccc2ccc(-c3cccc(OC(F)(F)F)c3)nc12.O=S(=O)(Nc1nccs1)Nc1cccc2ccc(-c3cccc(OC(F)(F)F)c3)nc12. The van der Waals surface area contributed by atoms with Crippen molar-refractivity contribution >= 4 is 59.9 Å². The van der Waals surface area contributed by atoms with Gasteiger partial charge >= 0.3 is 22.9 Å². The first kappa shape index (κ1) is 36.6. The summed E-state index contributed by atoms with van der Waals surface area (Å²) in [4.78, 5) is 12.8. The Morgan fingerprint density at radius 2 is 1.17 bits per heavy atom. The van der Waals surface area contributed by atoms with Crippen molar-refractivity contribution in [3.05, 3.63) is 121 Å². The maximum Gasteiger partial charge on any atom is 0.573 e. The minimum atomic E-state index is -4.81. The van der Waals surface area contributed by atoms with E-state index in [-0.39, 0.29) is 22.3 Å². The molecule has 10 nitrogen and oxygen atoms in total. The molecule has 53 heavy (non-hydrogen) atoms. The number of halogens is 6. The Kier molecular flexibility index (Phi) is 10.3. The molecule has 272 valence electrons. The van der Waals surface area contributed by atoms with Crippen LogP contribution in [0.5, 0.6) is 11.5 Å². The van der Waals surface area contributed by atoms with Crippen molar-refractivity contribution in [2.45, 2.75) is 12.7 Å². The van der Waals surface area contributed by atoms with E-state index in [1.165, 1.54) is 48.7 Å². The molecule has 0 unspecified atom stereocenters. The zero-order chi connectivity index (χ0) is 37.8. The molecule has 0 saturated heterocycles. The first-order valence-corrected chi connectivity index (χ1v) is 17.4. The molecule has 0 aliphatic carbocycles. The number of anilines is 3. The molecule has 0 aliphatic rings. The van der Waals surface area contributed by atoms with E-state index in [1.54, 1.807) is 53.9 Å². The average Bonchev–Trinajstić information content (AvgIpc) is 3.59. The number of alkyl halides is 6. The van der Waals surface area contributed by atoms with E-state index in [9.17, 15) is 34.8 Å². The number of fused-ring (bicyclic) bond motifs is 2. The zero-order valence-corrected chi connectivity index (χ0v) is 28.3. The molecule has 4 N–H and O–H groups in total. The van der Waals surface area contributed by atoms with E-state index >= 15 is 0 Å². The molecule has 0 saturated carbocycles. The first-order valence-electron chi connectivity index (χ1n) is 15.1. The van der Waals surface area contributed by atoms with E-state index < -0.39 is 22.9 Å². The molecule has 4 aromatic carbocycles. The molecule has 7 aromatic rings. The fourth-order valence-corrected chi connectivity index (χ4v) is 6.67. The van der Waals surface area contributed by atoms with Gasteiger partial charge in [-0.25, -0.2) is 19.7 Å². The van der Waals surface area contributed by atoms with Gasteiger partial charge in [0.25, 0.3) is 0 Å². The maximum atomic E-state index is 12.5. The number of benzene rings is 4. The monoisotopic (exact) mass is 770 g/mol. The van der Waals surface area contributed by atoms with Gasteiger partial charge in [0.15, 0.2) is 5.13 Å². The van der Waals surface area contributed by atoms with Crippen LogP contribution in [0.3, 0.4) is 0 Å². The van der Waals surface area contributed by atoms with E-state index in [0.29, 0.717) is 44.6 Å². The molecule has 0 fully saturated rings. The van der Waals surface area contributed by atoms with Crippen LogP contribution < -0.4 is 24.7 Å². The fourth-order valence-electron chi connectivity index (χ4n) is 4.99. The molecule has 0 bridgehead atoms. The van der Waals surface area contributed by atoms with E-state index in [1.807, 2.05) is 18.2 Å². The quantitative estimate of drug-likeness (QED) is 0.103. The zero-order valence-electron chi connectivity index (χ0n) is 26.7. The van der Waals surface area contributed by atoms with Crippen LogP contribution in [0.25, 0.3) is 44.3 Å². The molecule has 18 heteroatoms. The number of nitrogens with one attached hydrogen (secondary N) is 2. The van der Waals surface area contributed by atoms with Crippen molar-refractivity contribution in [2.75, 3.05) is 15.2 Å². The Bertz CT molecular complexity index is 2500. The van der Waals surface area contributed by atoms with Gasteiger partial charge in [-0.1, -0.05) is 60.7 Å². The number of aromatic nitrogens is 3. The largest absolute Gasteiger partial charge is 0.573 e. The molecular formula is C35H24F6N6O4S2. The van der Waals surface area contributed by atoms with E-state index in [2.05, 4.69) is 33.9 Å². The summed E-state index contributed by atoms with van der Waals surface area (Å²) < 4.78 is 112. The lowest BCUT2D eigenvalue weighted by molar-refractivity contribution is -0.275. The minimum absolute atomic E-state index is 0.197. The Hall–Kier alpha value is -6.14. The number of thiazole rings is 1. The number of hydrogen-bond donors (Lipinski definition) is 3. The highest BCUT2D eigenvalue weighted by Gasteiger charge is 2.32. The van der Waals surface area contributed by atoms with E-state index in [0.717, 1.165) is 16.7 Å². The summed E-state index contributed by atoms with van der Waals surface area (Å²) in [6.45, 7) is 0. The van der Waals surface area contributed by atoms with Crippen LogP contribution in [0.15, 0.2) is 121 Å². The summed E-state index contributed by atoms with van der Waals surface area (Å²) in [5.41, 5.74) is 9.31. The molecule has 0 atom stereocenters. The van der Waals surface area contributed by atoms with Crippen LogP contribution in [0.2, 0.25) is 0 Å². The Labute approximate surface area is 301 Å². The van der Waals surface area contributed by atoms with Gasteiger partial charge in [-0.15, -0.1) is 37.7 Å². The standard InChI is InChI=1S/C19H13F3N4O3S2.C16H11F3N2O/c20-19(21,22)29-14-5-1-4-13(11-14)15-8-7-12-3-2-6-16(17(12)24-15)25-31(27,28)26-18-23-9-10-30-18;17-16(18,19)22-12-5-1-4-11(9-12)14-8-7-10-3-2-6-13(20)15(10)21-14/h1-11,25H,(H,23,26);1-9H,20H2. The Morgan fingerprint density at radius 3 is 1.72 bits per heavy atom. The fraction of sp³-hybridized carbons (Fsp3) is 0.0571. The third kappa shape index (κ3) is 9.80. The number of nitrogens with two attached hydrogens (primary N) is 1. The number of rotatable bonds is 8. The predicted octanol–water partition coefficient (Wildman–Crippen LogP) is 9.41. The third-order valence-corrected chi connectivity index (χ3v) is 8.87. The summed E-state index contributed by atoms with van der Waals surface area (Å²) in [5, 5.41) is 3.33. The Morgan fingerprint density at radius 1 is 0.642 bits per heavy atom. The van der Waals surface area contributed by atoms with Gasteiger partial charge in [0, 0.05) is 33.5 Å². The normalized spacial score (nSPS) is 11.8. The van der Waals surface area contributed by atoms with Crippen molar-refractivity contribution in [3.8, 4) is 34.0 Å². The van der Waals surface area contributed by atoms with Crippen LogP contribution in [0, 0.1) is 0 Å². The summed E-state index contributed by atoms with van der Waals surface area (Å²) in [7, 11) is -3.99. The van der Waals surface area contributed by atoms with Gasteiger partial charge in [0.1, 0.15) is 11.5 Å². The van der Waals surface area contributed by atoms with Crippen molar-refractivity contribution in [1.82, 2.24) is 15.0 Å². The van der Waals surface area contributed by atoms with Crippen molar-refractivity contribution in [3.63, 3.8) is 0 Å². The molecule has 0 radical (unpaired) electrons. The van der Waals surface area contributed by atoms with Crippen LogP contribution >= 0.6 is 11.3 Å². The summed E-state index contributed by atoms with van der Waals surface area (Å²) >= 11 is 1.12. The number of ether oxygens (including phenoxy) is 2. The molecule has 0 aliphatic heterocycles. The second-order valence-electron chi connectivity index (χ2n) is 10.9. The second-order valence-corrected chi connectivity index (χ2v) is 13.2. The van der Waals surface area contributed by atoms with Crippen LogP contribution in [-0.4, -0.2) is 36.1 Å².